The van der Waals surface area contributed by atoms with Gasteiger partial charge in [-0.1, -0.05) is 0 Å². The van der Waals surface area contributed by atoms with Crippen LogP contribution in [0.25, 0.3) is 0 Å². The van der Waals surface area contributed by atoms with Gasteiger partial charge in [0.25, 0.3) is 0 Å². The number of nitrogens with two attached hydrogens (primary N) is 1. The summed E-state index contributed by atoms with van der Waals surface area (Å²) in [5, 5.41) is 3.85. The summed E-state index contributed by atoms with van der Waals surface area (Å²) in [6, 6.07) is 0. The van der Waals surface area contributed by atoms with Gasteiger partial charge in [0.1, 0.15) is 4.90 Å². The fourth-order valence-corrected chi connectivity index (χ4v) is 2.18. The highest BCUT2D eigenvalue weighted by Crippen LogP contribution is 2.15. The summed E-state index contributed by atoms with van der Waals surface area (Å²) in [6.45, 7) is 0. The minimum Gasteiger partial charge on any atom is -0.370 e. The Bertz CT molecular complexity index is 475. The first-order valence-corrected chi connectivity index (χ1v) is 6.20. The molecule has 0 saturated carbocycles. The third-order valence-corrected chi connectivity index (χ3v) is 3.17. The number of amides is 1. The van der Waals surface area contributed by atoms with Gasteiger partial charge in [-0.05, 0) is 6.42 Å². The van der Waals surface area contributed by atoms with E-state index in [9.17, 15) is 13.2 Å². The van der Waals surface area contributed by atoms with E-state index in [0.717, 1.165) is 6.26 Å². The molecule has 0 saturated heterocycles. The Balaban J connectivity index is 3.05. The summed E-state index contributed by atoms with van der Waals surface area (Å²) in [5.74, 6) is -0.462. The van der Waals surface area contributed by atoms with E-state index in [1.165, 1.54) is 10.9 Å². The van der Waals surface area contributed by atoms with Gasteiger partial charge >= 0.3 is 0 Å². The van der Waals surface area contributed by atoms with Crippen molar-refractivity contribution in [3.63, 3.8) is 0 Å². The molecule has 2 N–H and O–H groups in total. The van der Waals surface area contributed by atoms with E-state index < -0.39 is 15.7 Å². The Morgan fingerprint density at radius 1 is 1.60 bits per heavy atom. The fraction of sp³-hybridized carbons (Fsp3) is 0.500. The maximum atomic E-state index is 11.3. The highest BCUT2D eigenvalue weighted by atomic mass is 32.2. The third-order valence-electron chi connectivity index (χ3n) is 2.03. The number of aryl methyl sites for hydroxylation is 1. The smallest absolute Gasteiger partial charge is 0.217 e. The van der Waals surface area contributed by atoms with Crippen LogP contribution in [-0.4, -0.2) is 30.4 Å². The molecular weight excluding hydrogens is 218 g/mol. The molecule has 0 aliphatic heterocycles. The van der Waals surface area contributed by atoms with Gasteiger partial charge in [-0.25, -0.2) is 8.42 Å². The summed E-state index contributed by atoms with van der Waals surface area (Å²) in [7, 11) is -1.67. The molecule has 0 unspecified atom stereocenters. The molecule has 1 amide bonds. The van der Waals surface area contributed by atoms with E-state index in [2.05, 4.69) is 5.10 Å². The monoisotopic (exact) mass is 231 g/mol. The summed E-state index contributed by atoms with van der Waals surface area (Å²) in [4.78, 5) is 10.8. The van der Waals surface area contributed by atoms with Gasteiger partial charge in [-0.3, -0.25) is 9.48 Å². The Morgan fingerprint density at radius 3 is 2.67 bits per heavy atom. The standard InChI is InChI=1S/C8H13N3O3S/c1-11-6(3-4-8(9)12)7(5-10-11)15(2,13)14/h5H,3-4H2,1-2H3,(H2,9,12). The van der Waals surface area contributed by atoms with E-state index >= 15 is 0 Å². The van der Waals surface area contributed by atoms with Crippen LogP contribution in [0.15, 0.2) is 11.1 Å². The van der Waals surface area contributed by atoms with Crippen LogP contribution in [-0.2, 0) is 28.1 Å². The van der Waals surface area contributed by atoms with Crippen molar-refractivity contribution in [2.45, 2.75) is 17.7 Å². The number of primary amides is 1. The van der Waals surface area contributed by atoms with E-state index in [-0.39, 0.29) is 17.7 Å². The SMILES string of the molecule is Cn1ncc(S(C)(=O)=O)c1CCC(N)=O. The van der Waals surface area contributed by atoms with Crippen LogP contribution in [0.3, 0.4) is 0 Å². The van der Waals surface area contributed by atoms with Crippen LogP contribution in [0.5, 0.6) is 0 Å². The molecule has 1 aromatic heterocycles. The topological polar surface area (TPSA) is 95.1 Å². The zero-order chi connectivity index (χ0) is 11.6. The Morgan fingerprint density at radius 2 is 2.20 bits per heavy atom. The predicted molar refractivity (Wildman–Crippen MR) is 53.8 cm³/mol. The molecule has 0 atom stereocenters. The second kappa shape index (κ2) is 4.01. The first-order valence-electron chi connectivity index (χ1n) is 4.31. The summed E-state index contributed by atoms with van der Waals surface area (Å²) < 4.78 is 24.1. The number of sulfone groups is 1. The van der Waals surface area contributed by atoms with Gasteiger partial charge < -0.3 is 5.73 Å². The molecule has 6 nitrogen and oxygen atoms in total. The molecule has 1 heterocycles. The lowest BCUT2D eigenvalue weighted by atomic mass is 10.2. The van der Waals surface area contributed by atoms with E-state index in [1.807, 2.05) is 0 Å². The molecule has 0 bridgehead atoms. The largest absolute Gasteiger partial charge is 0.370 e. The van der Waals surface area contributed by atoms with Crippen molar-refractivity contribution < 1.29 is 13.2 Å². The quantitative estimate of drug-likeness (QED) is 0.737. The average Bonchev–Trinajstić information content (AvgIpc) is 2.42. The molecular formula is C8H13N3O3S. The van der Waals surface area contributed by atoms with Gasteiger partial charge in [-0.2, -0.15) is 5.10 Å². The molecule has 1 rings (SSSR count). The molecule has 7 heteroatoms. The van der Waals surface area contributed by atoms with Crippen LogP contribution in [0.2, 0.25) is 0 Å². The molecule has 0 fully saturated rings. The average molecular weight is 231 g/mol. The van der Waals surface area contributed by atoms with Gasteiger partial charge in [0.2, 0.25) is 5.91 Å². The van der Waals surface area contributed by atoms with Crippen LogP contribution < -0.4 is 5.73 Å². The van der Waals surface area contributed by atoms with Gasteiger partial charge in [0.05, 0.1) is 11.9 Å². The van der Waals surface area contributed by atoms with Gasteiger partial charge in [0.15, 0.2) is 9.84 Å². The van der Waals surface area contributed by atoms with E-state index in [1.54, 1.807) is 7.05 Å². The molecule has 0 aliphatic carbocycles. The van der Waals surface area contributed by atoms with Crippen molar-refractivity contribution in [3.05, 3.63) is 11.9 Å². The number of hydrogen-bond acceptors (Lipinski definition) is 4. The highest BCUT2D eigenvalue weighted by Gasteiger charge is 2.17. The van der Waals surface area contributed by atoms with Crippen molar-refractivity contribution in [3.8, 4) is 0 Å². The third kappa shape index (κ3) is 2.79. The van der Waals surface area contributed by atoms with Crippen molar-refractivity contribution in [2.75, 3.05) is 6.26 Å². The minimum absolute atomic E-state index is 0.113. The number of carbonyl (C=O) groups is 1. The molecule has 15 heavy (non-hydrogen) atoms. The summed E-state index contributed by atoms with van der Waals surface area (Å²) in [5.41, 5.74) is 5.51. The fourth-order valence-electron chi connectivity index (χ4n) is 1.28. The van der Waals surface area contributed by atoms with Gasteiger partial charge in [-0.15, -0.1) is 0 Å². The van der Waals surface area contributed by atoms with Crippen LogP contribution >= 0.6 is 0 Å². The molecule has 0 radical (unpaired) electrons. The normalized spacial score (nSPS) is 11.6. The van der Waals surface area contributed by atoms with Crippen molar-refractivity contribution >= 4 is 15.7 Å². The van der Waals surface area contributed by atoms with Crippen molar-refractivity contribution in [2.24, 2.45) is 12.8 Å². The van der Waals surface area contributed by atoms with Crippen LogP contribution in [0.1, 0.15) is 12.1 Å². The molecule has 84 valence electrons. The number of aromatic nitrogens is 2. The zero-order valence-electron chi connectivity index (χ0n) is 8.60. The summed E-state index contributed by atoms with van der Waals surface area (Å²) in [6.07, 6.45) is 2.79. The second-order valence-corrected chi connectivity index (χ2v) is 5.30. The molecule has 0 spiro atoms. The lowest BCUT2D eigenvalue weighted by Crippen LogP contribution is -2.14. The first-order chi connectivity index (χ1) is 6.82. The Kier molecular flexibility index (Phi) is 3.13. The van der Waals surface area contributed by atoms with Crippen LogP contribution in [0, 0.1) is 0 Å². The van der Waals surface area contributed by atoms with E-state index in [0.29, 0.717) is 5.69 Å². The maximum absolute atomic E-state index is 11.3. The maximum Gasteiger partial charge on any atom is 0.217 e. The highest BCUT2D eigenvalue weighted by molar-refractivity contribution is 7.90. The number of carbonyl (C=O) groups excluding carboxylic acids is 1. The number of hydrogen-bond donors (Lipinski definition) is 1. The number of rotatable bonds is 4. The van der Waals surface area contributed by atoms with Crippen LogP contribution in [0.4, 0.5) is 0 Å². The Labute approximate surface area is 88.0 Å². The molecule has 0 aliphatic rings. The van der Waals surface area contributed by atoms with Gasteiger partial charge in [0, 0.05) is 19.7 Å². The second-order valence-electron chi connectivity index (χ2n) is 3.32. The van der Waals surface area contributed by atoms with Crippen molar-refractivity contribution in [1.29, 1.82) is 0 Å². The predicted octanol–water partition coefficient (Wildman–Crippen LogP) is -0.758. The zero-order valence-corrected chi connectivity index (χ0v) is 9.41. The lowest BCUT2D eigenvalue weighted by Gasteiger charge is -2.02. The first kappa shape index (κ1) is 11.7. The minimum atomic E-state index is -3.30. The Hall–Kier alpha value is -1.37. The molecule has 0 aromatic carbocycles. The molecule has 1 aromatic rings. The number of nitrogens with zero attached hydrogens (tertiary/aromatic N) is 2. The lowest BCUT2D eigenvalue weighted by molar-refractivity contribution is -0.118. The van der Waals surface area contributed by atoms with Crippen molar-refractivity contribution in [1.82, 2.24) is 9.78 Å². The van der Waals surface area contributed by atoms with E-state index in [4.69, 9.17) is 5.73 Å². The summed E-state index contributed by atoms with van der Waals surface area (Å²) >= 11 is 0.